The SMILES string of the molecule is CC(C)CNC(C(N)=O)c1ccc(Cl)c(Cl)c1. The molecule has 17 heavy (non-hydrogen) atoms. The van der Waals surface area contributed by atoms with Gasteiger partial charge in [0.2, 0.25) is 5.91 Å². The topological polar surface area (TPSA) is 55.1 Å². The second-order valence-corrected chi connectivity index (χ2v) is 5.13. The van der Waals surface area contributed by atoms with Crippen LogP contribution in [0.15, 0.2) is 18.2 Å². The molecule has 1 aromatic rings. The van der Waals surface area contributed by atoms with Gasteiger partial charge >= 0.3 is 0 Å². The van der Waals surface area contributed by atoms with Crippen molar-refractivity contribution in [3.05, 3.63) is 33.8 Å². The van der Waals surface area contributed by atoms with Crippen molar-refractivity contribution in [1.29, 1.82) is 0 Å². The lowest BCUT2D eigenvalue weighted by atomic mass is 10.1. The standard InChI is InChI=1S/C12H16Cl2N2O/c1-7(2)6-16-11(12(15)17)8-3-4-9(13)10(14)5-8/h3-5,7,11,16H,6H2,1-2H3,(H2,15,17). The van der Waals surface area contributed by atoms with Crippen LogP contribution in [-0.2, 0) is 4.79 Å². The van der Waals surface area contributed by atoms with E-state index in [1.807, 2.05) is 0 Å². The van der Waals surface area contributed by atoms with E-state index in [-0.39, 0.29) is 0 Å². The van der Waals surface area contributed by atoms with E-state index < -0.39 is 11.9 Å². The Balaban J connectivity index is 2.89. The molecular weight excluding hydrogens is 259 g/mol. The van der Waals surface area contributed by atoms with Crippen LogP contribution in [0, 0.1) is 5.92 Å². The van der Waals surface area contributed by atoms with Gasteiger partial charge in [0.05, 0.1) is 10.0 Å². The summed E-state index contributed by atoms with van der Waals surface area (Å²) in [6.45, 7) is 4.81. The fourth-order valence-electron chi connectivity index (χ4n) is 1.43. The Labute approximate surface area is 111 Å². The summed E-state index contributed by atoms with van der Waals surface area (Å²) in [7, 11) is 0. The molecule has 1 rings (SSSR count). The maximum atomic E-state index is 11.4. The molecule has 1 aromatic carbocycles. The number of primary amides is 1. The molecule has 0 aliphatic rings. The Morgan fingerprint density at radius 3 is 2.47 bits per heavy atom. The van der Waals surface area contributed by atoms with Gasteiger partial charge in [0.25, 0.3) is 0 Å². The van der Waals surface area contributed by atoms with E-state index in [0.29, 0.717) is 22.5 Å². The third kappa shape index (κ3) is 4.19. The molecule has 0 saturated heterocycles. The Kier molecular flexibility index (Phi) is 5.25. The smallest absolute Gasteiger partial charge is 0.239 e. The zero-order valence-electron chi connectivity index (χ0n) is 9.84. The highest BCUT2D eigenvalue weighted by Gasteiger charge is 2.18. The Morgan fingerprint density at radius 1 is 1.35 bits per heavy atom. The molecule has 3 N–H and O–H groups in total. The maximum absolute atomic E-state index is 11.4. The number of hydrogen-bond acceptors (Lipinski definition) is 2. The lowest BCUT2D eigenvalue weighted by Crippen LogP contribution is -2.35. The van der Waals surface area contributed by atoms with Gasteiger partial charge in [0, 0.05) is 0 Å². The van der Waals surface area contributed by atoms with Gasteiger partial charge in [0.1, 0.15) is 6.04 Å². The Morgan fingerprint density at radius 2 is 2.00 bits per heavy atom. The Hall–Kier alpha value is -0.770. The van der Waals surface area contributed by atoms with Crippen molar-refractivity contribution in [3.63, 3.8) is 0 Å². The van der Waals surface area contributed by atoms with E-state index in [2.05, 4.69) is 19.2 Å². The molecule has 0 aromatic heterocycles. The lowest BCUT2D eigenvalue weighted by molar-refractivity contribution is -0.120. The fraction of sp³-hybridized carbons (Fsp3) is 0.417. The number of rotatable bonds is 5. The summed E-state index contributed by atoms with van der Waals surface area (Å²) in [5.41, 5.74) is 6.09. The summed E-state index contributed by atoms with van der Waals surface area (Å²) >= 11 is 11.7. The number of carbonyl (C=O) groups is 1. The van der Waals surface area contributed by atoms with Gasteiger partial charge in [-0.15, -0.1) is 0 Å². The highest BCUT2D eigenvalue weighted by Crippen LogP contribution is 2.25. The first-order chi connectivity index (χ1) is 7.91. The van der Waals surface area contributed by atoms with Crippen molar-refractivity contribution in [1.82, 2.24) is 5.32 Å². The fourth-order valence-corrected chi connectivity index (χ4v) is 1.73. The van der Waals surface area contributed by atoms with E-state index in [1.165, 1.54) is 0 Å². The molecule has 1 amide bonds. The van der Waals surface area contributed by atoms with Crippen molar-refractivity contribution in [3.8, 4) is 0 Å². The van der Waals surface area contributed by atoms with Gasteiger partial charge < -0.3 is 11.1 Å². The van der Waals surface area contributed by atoms with E-state index in [9.17, 15) is 4.79 Å². The van der Waals surface area contributed by atoms with Crippen LogP contribution < -0.4 is 11.1 Å². The van der Waals surface area contributed by atoms with Crippen molar-refractivity contribution in [2.75, 3.05) is 6.54 Å². The van der Waals surface area contributed by atoms with E-state index >= 15 is 0 Å². The molecule has 3 nitrogen and oxygen atoms in total. The number of nitrogens with two attached hydrogens (primary N) is 1. The third-order valence-corrected chi connectivity index (χ3v) is 3.03. The van der Waals surface area contributed by atoms with Crippen molar-refractivity contribution in [2.45, 2.75) is 19.9 Å². The Bertz CT molecular complexity index is 407. The van der Waals surface area contributed by atoms with Crippen LogP contribution in [-0.4, -0.2) is 12.5 Å². The molecule has 1 unspecified atom stereocenters. The predicted molar refractivity (Wildman–Crippen MR) is 71.2 cm³/mol. The summed E-state index contributed by atoms with van der Waals surface area (Å²) in [5.74, 6) is 0.00339. The molecule has 0 saturated carbocycles. The van der Waals surface area contributed by atoms with Crippen LogP contribution in [0.4, 0.5) is 0 Å². The highest BCUT2D eigenvalue weighted by atomic mass is 35.5. The second kappa shape index (κ2) is 6.24. The van der Waals surface area contributed by atoms with Crippen LogP contribution in [0.1, 0.15) is 25.5 Å². The van der Waals surface area contributed by atoms with Gasteiger partial charge in [-0.05, 0) is 30.2 Å². The van der Waals surface area contributed by atoms with Crippen molar-refractivity contribution >= 4 is 29.1 Å². The molecule has 0 aliphatic heterocycles. The third-order valence-electron chi connectivity index (χ3n) is 2.29. The first-order valence-electron chi connectivity index (χ1n) is 5.39. The minimum Gasteiger partial charge on any atom is -0.368 e. The zero-order valence-corrected chi connectivity index (χ0v) is 11.3. The molecule has 0 spiro atoms. The predicted octanol–water partition coefficient (Wildman–Crippen LogP) is 2.77. The van der Waals surface area contributed by atoms with Gasteiger partial charge in [-0.3, -0.25) is 4.79 Å². The molecule has 0 fully saturated rings. The summed E-state index contributed by atoms with van der Waals surface area (Å²) < 4.78 is 0. The van der Waals surface area contributed by atoms with Gasteiger partial charge in [-0.1, -0.05) is 43.1 Å². The number of carbonyl (C=O) groups excluding carboxylic acids is 1. The second-order valence-electron chi connectivity index (χ2n) is 4.31. The number of hydrogen-bond donors (Lipinski definition) is 2. The quantitative estimate of drug-likeness (QED) is 0.868. The van der Waals surface area contributed by atoms with Crippen LogP contribution in [0.5, 0.6) is 0 Å². The van der Waals surface area contributed by atoms with Gasteiger partial charge in [-0.2, -0.15) is 0 Å². The summed E-state index contributed by atoms with van der Waals surface area (Å²) in [5, 5.41) is 3.98. The van der Waals surface area contributed by atoms with E-state index in [0.717, 1.165) is 5.56 Å². The van der Waals surface area contributed by atoms with Crippen LogP contribution in [0.25, 0.3) is 0 Å². The molecule has 5 heteroatoms. The van der Waals surface area contributed by atoms with Crippen LogP contribution in [0.2, 0.25) is 10.0 Å². The minimum atomic E-state index is -0.535. The largest absolute Gasteiger partial charge is 0.368 e. The number of benzene rings is 1. The maximum Gasteiger partial charge on any atom is 0.239 e. The monoisotopic (exact) mass is 274 g/mol. The van der Waals surface area contributed by atoms with Crippen LogP contribution >= 0.6 is 23.2 Å². The molecule has 1 atom stereocenters. The molecular formula is C12H16Cl2N2O. The number of amides is 1. The normalized spacial score (nSPS) is 12.8. The molecule has 94 valence electrons. The van der Waals surface area contributed by atoms with Crippen molar-refractivity contribution in [2.24, 2.45) is 11.7 Å². The van der Waals surface area contributed by atoms with Gasteiger partial charge in [-0.25, -0.2) is 0 Å². The van der Waals surface area contributed by atoms with E-state index in [1.54, 1.807) is 18.2 Å². The lowest BCUT2D eigenvalue weighted by Gasteiger charge is -2.17. The summed E-state index contributed by atoms with van der Waals surface area (Å²) in [4.78, 5) is 11.4. The first kappa shape index (κ1) is 14.3. The molecule has 0 aliphatic carbocycles. The molecule has 0 radical (unpaired) electrons. The first-order valence-corrected chi connectivity index (χ1v) is 6.15. The number of halogens is 2. The minimum absolute atomic E-state index is 0.418. The molecule has 0 bridgehead atoms. The van der Waals surface area contributed by atoms with Crippen molar-refractivity contribution < 1.29 is 4.79 Å². The summed E-state index contributed by atoms with van der Waals surface area (Å²) in [6, 6.07) is 4.53. The molecule has 0 heterocycles. The average molecular weight is 275 g/mol. The zero-order chi connectivity index (χ0) is 13.0. The van der Waals surface area contributed by atoms with Crippen LogP contribution in [0.3, 0.4) is 0 Å². The number of nitrogens with one attached hydrogen (secondary N) is 1. The average Bonchev–Trinajstić information content (AvgIpc) is 2.22. The van der Waals surface area contributed by atoms with Gasteiger partial charge in [0.15, 0.2) is 0 Å². The summed E-state index contributed by atoms with van der Waals surface area (Å²) in [6.07, 6.45) is 0. The highest BCUT2D eigenvalue weighted by molar-refractivity contribution is 6.42. The van der Waals surface area contributed by atoms with E-state index in [4.69, 9.17) is 28.9 Å².